The van der Waals surface area contributed by atoms with Gasteiger partial charge in [-0.2, -0.15) is 0 Å². The summed E-state index contributed by atoms with van der Waals surface area (Å²) in [5.41, 5.74) is 1.87. The molecule has 5 heterocycles. The molecule has 0 bridgehead atoms. The maximum atomic E-state index is 13.0. The fourth-order valence-electron chi connectivity index (χ4n) is 4.26. The van der Waals surface area contributed by atoms with E-state index in [1.54, 1.807) is 35.7 Å². The van der Waals surface area contributed by atoms with Gasteiger partial charge in [-0.25, -0.2) is 19.7 Å². The van der Waals surface area contributed by atoms with Crippen molar-refractivity contribution < 1.29 is 4.79 Å². The van der Waals surface area contributed by atoms with Crippen molar-refractivity contribution in [1.29, 1.82) is 0 Å². The Morgan fingerprint density at radius 1 is 1.06 bits per heavy atom. The van der Waals surface area contributed by atoms with Crippen LogP contribution in [0.3, 0.4) is 0 Å². The minimum atomic E-state index is -0.498. The SMILES string of the molecule is CC(=O)N1CCC(n2c(=O)[nH]c(=O)c3cnc4ccc(-c5cnc(C)nc5)nc4c32)CC1. The molecular formula is C22H21N7O3. The average Bonchev–Trinajstić information content (AvgIpc) is 2.79. The lowest BCUT2D eigenvalue weighted by Crippen LogP contribution is -2.41. The molecule has 1 fully saturated rings. The van der Waals surface area contributed by atoms with Crippen LogP contribution in [0.15, 0.2) is 40.3 Å². The Kier molecular flexibility index (Phi) is 4.76. The molecule has 162 valence electrons. The molecule has 4 aromatic heterocycles. The predicted molar refractivity (Wildman–Crippen MR) is 118 cm³/mol. The molecule has 32 heavy (non-hydrogen) atoms. The molecule has 0 radical (unpaired) electrons. The van der Waals surface area contributed by atoms with Crippen LogP contribution in [0.5, 0.6) is 0 Å². The Bertz CT molecular complexity index is 1470. The number of pyridine rings is 2. The van der Waals surface area contributed by atoms with Gasteiger partial charge in [0.05, 0.1) is 22.1 Å². The summed E-state index contributed by atoms with van der Waals surface area (Å²) in [6, 6.07) is 3.46. The van der Waals surface area contributed by atoms with Gasteiger partial charge in [0.2, 0.25) is 5.91 Å². The van der Waals surface area contributed by atoms with Gasteiger partial charge in [0.15, 0.2) is 0 Å². The lowest BCUT2D eigenvalue weighted by atomic mass is 10.0. The van der Waals surface area contributed by atoms with Crippen molar-refractivity contribution in [2.75, 3.05) is 13.1 Å². The quantitative estimate of drug-likeness (QED) is 0.477. The van der Waals surface area contributed by atoms with E-state index in [1.807, 2.05) is 12.1 Å². The number of amides is 1. The van der Waals surface area contributed by atoms with Crippen molar-refractivity contribution in [3.63, 3.8) is 0 Å². The van der Waals surface area contributed by atoms with E-state index in [4.69, 9.17) is 4.98 Å². The van der Waals surface area contributed by atoms with Gasteiger partial charge in [-0.3, -0.25) is 24.1 Å². The third-order valence-electron chi connectivity index (χ3n) is 5.96. The first kappa shape index (κ1) is 20.0. The first-order valence-corrected chi connectivity index (χ1v) is 10.4. The first-order valence-electron chi connectivity index (χ1n) is 10.4. The number of hydrogen-bond donors (Lipinski definition) is 1. The van der Waals surface area contributed by atoms with Crippen LogP contribution >= 0.6 is 0 Å². The number of likely N-dealkylation sites (tertiary alicyclic amines) is 1. The molecule has 10 heteroatoms. The van der Waals surface area contributed by atoms with Gasteiger partial charge in [0, 0.05) is 50.2 Å². The van der Waals surface area contributed by atoms with Gasteiger partial charge in [-0.05, 0) is 31.9 Å². The Balaban J connectivity index is 1.74. The summed E-state index contributed by atoms with van der Waals surface area (Å²) in [5, 5.41) is 0.302. The summed E-state index contributed by atoms with van der Waals surface area (Å²) in [6.07, 6.45) is 6.07. The second-order valence-corrected chi connectivity index (χ2v) is 7.97. The van der Waals surface area contributed by atoms with Crippen LogP contribution < -0.4 is 11.2 Å². The molecule has 4 aromatic rings. The number of aryl methyl sites for hydroxylation is 1. The average molecular weight is 431 g/mol. The van der Waals surface area contributed by atoms with Crippen molar-refractivity contribution in [2.45, 2.75) is 32.7 Å². The number of rotatable bonds is 2. The van der Waals surface area contributed by atoms with Gasteiger partial charge >= 0.3 is 5.69 Å². The third kappa shape index (κ3) is 3.33. The number of hydrogen-bond acceptors (Lipinski definition) is 7. The van der Waals surface area contributed by atoms with E-state index in [-0.39, 0.29) is 11.9 Å². The number of piperidine rings is 1. The highest BCUT2D eigenvalue weighted by Gasteiger charge is 2.26. The molecule has 1 aliphatic rings. The Morgan fingerprint density at radius 2 is 1.78 bits per heavy atom. The largest absolute Gasteiger partial charge is 0.343 e. The molecule has 0 aliphatic carbocycles. The summed E-state index contributed by atoms with van der Waals surface area (Å²) in [6.45, 7) is 4.45. The van der Waals surface area contributed by atoms with Crippen LogP contribution in [0.2, 0.25) is 0 Å². The van der Waals surface area contributed by atoms with Crippen molar-refractivity contribution in [1.82, 2.24) is 34.4 Å². The van der Waals surface area contributed by atoms with Gasteiger partial charge < -0.3 is 4.90 Å². The zero-order valence-corrected chi connectivity index (χ0v) is 17.7. The van der Waals surface area contributed by atoms with E-state index < -0.39 is 11.2 Å². The molecule has 1 N–H and O–H groups in total. The molecule has 1 aliphatic heterocycles. The molecule has 0 saturated carbocycles. The number of carbonyl (C=O) groups excluding carboxylic acids is 1. The third-order valence-corrected chi connectivity index (χ3v) is 5.96. The van der Waals surface area contributed by atoms with Crippen LogP contribution in [0.1, 0.15) is 31.6 Å². The fourth-order valence-corrected chi connectivity index (χ4v) is 4.26. The Labute approximate surface area is 182 Å². The zero-order valence-electron chi connectivity index (χ0n) is 17.7. The van der Waals surface area contributed by atoms with E-state index in [0.29, 0.717) is 59.4 Å². The van der Waals surface area contributed by atoms with Crippen molar-refractivity contribution in [3.05, 3.63) is 57.4 Å². The van der Waals surface area contributed by atoms with Crippen molar-refractivity contribution in [2.24, 2.45) is 0 Å². The van der Waals surface area contributed by atoms with Crippen molar-refractivity contribution in [3.8, 4) is 11.3 Å². The molecule has 1 saturated heterocycles. The predicted octanol–water partition coefficient (Wildman–Crippen LogP) is 1.58. The van der Waals surface area contributed by atoms with Gasteiger partial charge in [-0.1, -0.05) is 0 Å². The normalized spacial score (nSPS) is 14.9. The number of fused-ring (bicyclic) bond motifs is 3. The number of nitrogens with zero attached hydrogens (tertiary/aromatic N) is 6. The maximum absolute atomic E-state index is 13.0. The van der Waals surface area contributed by atoms with Crippen LogP contribution in [-0.4, -0.2) is 53.4 Å². The number of H-pyrrole nitrogens is 1. The summed E-state index contributed by atoms with van der Waals surface area (Å²) in [4.78, 5) is 59.1. The molecular weight excluding hydrogens is 410 g/mol. The zero-order chi connectivity index (χ0) is 22.4. The van der Waals surface area contributed by atoms with E-state index in [1.165, 1.54) is 6.20 Å². The molecule has 1 amide bonds. The minimum absolute atomic E-state index is 0.0170. The summed E-state index contributed by atoms with van der Waals surface area (Å²) in [7, 11) is 0. The summed E-state index contributed by atoms with van der Waals surface area (Å²) < 4.78 is 1.61. The molecule has 10 nitrogen and oxygen atoms in total. The highest BCUT2D eigenvalue weighted by atomic mass is 16.2. The van der Waals surface area contributed by atoms with Crippen LogP contribution in [-0.2, 0) is 4.79 Å². The molecule has 0 atom stereocenters. The Morgan fingerprint density at radius 3 is 2.47 bits per heavy atom. The molecule has 0 aromatic carbocycles. The van der Waals surface area contributed by atoms with Crippen LogP contribution in [0.25, 0.3) is 33.2 Å². The Hall–Kier alpha value is -3.95. The van der Waals surface area contributed by atoms with Crippen LogP contribution in [0, 0.1) is 6.92 Å². The van der Waals surface area contributed by atoms with E-state index >= 15 is 0 Å². The van der Waals surface area contributed by atoms with Crippen molar-refractivity contribution >= 4 is 27.8 Å². The highest BCUT2D eigenvalue weighted by molar-refractivity contribution is 6.01. The number of nitrogens with one attached hydrogen (secondary N) is 1. The lowest BCUT2D eigenvalue weighted by Gasteiger charge is -2.32. The highest BCUT2D eigenvalue weighted by Crippen LogP contribution is 2.28. The fraction of sp³-hybridized carbons (Fsp3) is 0.318. The number of aromatic nitrogens is 6. The number of aromatic amines is 1. The maximum Gasteiger partial charge on any atom is 0.329 e. The number of carbonyl (C=O) groups is 1. The second kappa shape index (κ2) is 7.63. The van der Waals surface area contributed by atoms with Crippen LogP contribution in [0.4, 0.5) is 0 Å². The summed E-state index contributed by atoms with van der Waals surface area (Å²) in [5.74, 6) is 0.669. The smallest absolute Gasteiger partial charge is 0.329 e. The van der Waals surface area contributed by atoms with Gasteiger partial charge in [0.25, 0.3) is 5.56 Å². The molecule has 0 unspecified atom stereocenters. The summed E-state index contributed by atoms with van der Waals surface area (Å²) >= 11 is 0. The van der Waals surface area contributed by atoms with Gasteiger partial charge in [0.1, 0.15) is 11.3 Å². The van der Waals surface area contributed by atoms with E-state index in [0.717, 1.165) is 5.56 Å². The molecule has 0 spiro atoms. The van der Waals surface area contributed by atoms with E-state index in [2.05, 4.69) is 19.9 Å². The topological polar surface area (TPSA) is 127 Å². The lowest BCUT2D eigenvalue weighted by molar-refractivity contribution is -0.130. The minimum Gasteiger partial charge on any atom is -0.343 e. The van der Waals surface area contributed by atoms with Gasteiger partial charge in [-0.15, -0.1) is 0 Å². The van der Waals surface area contributed by atoms with E-state index in [9.17, 15) is 14.4 Å². The second-order valence-electron chi connectivity index (χ2n) is 7.97. The monoisotopic (exact) mass is 431 g/mol. The molecule has 5 rings (SSSR count). The standard InChI is InChI=1S/C22H21N7O3/c1-12-23-9-14(10-24-12)17-3-4-18-19(26-17)20-16(11-25-18)21(31)27-22(32)29(20)15-5-7-28(8-6-15)13(2)30/h3-4,9-11,15H,5-8H2,1-2H3,(H,27,31,32). The first-order chi connectivity index (χ1) is 15.4.